The summed E-state index contributed by atoms with van der Waals surface area (Å²) in [4.78, 5) is 19.6. The fourth-order valence-corrected chi connectivity index (χ4v) is 4.52. The number of hydrogen-bond acceptors (Lipinski definition) is 6. The lowest BCUT2D eigenvalue weighted by atomic mass is 10.2. The maximum atomic E-state index is 12.6. The highest BCUT2D eigenvalue weighted by Gasteiger charge is 2.16. The number of methoxy groups -OCH3 is 1. The highest BCUT2D eigenvalue weighted by molar-refractivity contribution is 7.23. The van der Waals surface area contributed by atoms with Crippen molar-refractivity contribution in [3.8, 4) is 21.4 Å². The number of aromatic nitrogens is 1. The standard InChI is InChI=1S/C19H17ClF2N2O3S2/c1-24(9-11-3-4-13(27-19(21)22)14(7-11)26-2)17(25)8-12-10-28-18(23-12)15-5-6-16(20)29-15/h3-7,10,19H,8-9H2,1-2H3. The number of hydrogen-bond donors (Lipinski definition) is 0. The van der Waals surface area contributed by atoms with Crippen LogP contribution in [0.25, 0.3) is 9.88 Å². The zero-order chi connectivity index (χ0) is 21.0. The molecule has 0 spiro atoms. The summed E-state index contributed by atoms with van der Waals surface area (Å²) < 4.78 is 35.0. The second kappa shape index (κ2) is 9.51. The van der Waals surface area contributed by atoms with Gasteiger partial charge in [-0.15, -0.1) is 22.7 Å². The smallest absolute Gasteiger partial charge is 0.387 e. The highest BCUT2D eigenvalue weighted by Crippen LogP contribution is 2.33. The molecule has 154 valence electrons. The van der Waals surface area contributed by atoms with E-state index in [1.54, 1.807) is 24.1 Å². The first-order valence-corrected chi connectivity index (χ1v) is 10.5. The minimum absolute atomic E-state index is 0.0519. The van der Waals surface area contributed by atoms with Gasteiger partial charge >= 0.3 is 6.61 Å². The lowest BCUT2D eigenvalue weighted by Crippen LogP contribution is -2.27. The summed E-state index contributed by atoms with van der Waals surface area (Å²) in [5.41, 5.74) is 1.41. The van der Waals surface area contributed by atoms with E-state index < -0.39 is 6.61 Å². The van der Waals surface area contributed by atoms with E-state index >= 15 is 0 Å². The van der Waals surface area contributed by atoms with E-state index in [4.69, 9.17) is 16.3 Å². The zero-order valence-electron chi connectivity index (χ0n) is 15.5. The number of rotatable bonds is 8. The molecule has 0 N–H and O–H groups in total. The Hall–Kier alpha value is -2.23. The first-order chi connectivity index (χ1) is 13.9. The minimum atomic E-state index is -2.94. The molecule has 1 aromatic carbocycles. The van der Waals surface area contributed by atoms with Gasteiger partial charge in [0.05, 0.1) is 28.4 Å². The molecule has 0 aliphatic carbocycles. The van der Waals surface area contributed by atoms with Gasteiger partial charge in [-0.3, -0.25) is 4.79 Å². The van der Waals surface area contributed by atoms with Crippen LogP contribution in [-0.2, 0) is 17.8 Å². The van der Waals surface area contributed by atoms with Crippen molar-refractivity contribution in [3.63, 3.8) is 0 Å². The Morgan fingerprint density at radius 1 is 1.28 bits per heavy atom. The Kier molecular flexibility index (Phi) is 7.05. The van der Waals surface area contributed by atoms with Crippen LogP contribution in [0.3, 0.4) is 0 Å². The Labute approximate surface area is 179 Å². The number of likely N-dealkylation sites (N-methyl/N-ethyl adjacent to an activating group) is 1. The summed E-state index contributed by atoms with van der Waals surface area (Å²) in [5, 5.41) is 2.68. The molecule has 0 aliphatic heterocycles. The lowest BCUT2D eigenvalue weighted by Gasteiger charge is -2.18. The van der Waals surface area contributed by atoms with Gasteiger partial charge < -0.3 is 14.4 Å². The normalized spacial score (nSPS) is 11.0. The number of nitrogens with zero attached hydrogens (tertiary/aromatic N) is 2. The monoisotopic (exact) mass is 458 g/mol. The maximum absolute atomic E-state index is 12.6. The quantitative estimate of drug-likeness (QED) is 0.457. The van der Waals surface area contributed by atoms with Crippen molar-refractivity contribution in [3.05, 3.63) is 51.3 Å². The van der Waals surface area contributed by atoms with Crippen LogP contribution in [0.5, 0.6) is 11.5 Å². The molecule has 3 rings (SSSR count). The molecule has 0 aliphatic rings. The van der Waals surface area contributed by atoms with Gasteiger partial charge in [0.15, 0.2) is 11.5 Å². The molecule has 29 heavy (non-hydrogen) atoms. The summed E-state index contributed by atoms with van der Waals surface area (Å²) in [6, 6.07) is 8.30. The first-order valence-electron chi connectivity index (χ1n) is 8.41. The van der Waals surface area contributed by atoms with Gasteiger partial charge in [-0.2, -0.15) is 8.78 Å². The molecule has 2 aromatic heterocycles. The van der Waals surface area contributed by atoms with E-state index in [9.17, 15) is 13.6 Å². The molecular weight excluding hydrogens is 442 g/mol. The third-order valence-corrected chi connectivity index (χ3v) is 6.25. The van der Waals surface area contributed by atoms with Crippen LogP contribution in [0, 0.1) is 0 Å². The third kappa shape index (κ3) is 5.65. The van der Waals surface area contributed by atoms with Crippen LogP contribution >= 0.6 is 34.3 Å². The number of halogens is 3. The van der Waals surface area contributed by atoms with E-state index in [1.807, 2.05) is 17.5 Å². The average molecular weight is 459 g/mol. The van der Waals surface area contributed by atoms with E-state index in [2.05, 4.69) is 9.72 Å². The van der Waals surface area contributed by atoms with Crippen LogP contribution in [-0.4, -0.2) is 36.6 Å². The molecule has 0 fully saturated rings. The van der Waals surface area contributed by atoms with Crippen molar-refractivity contribution in [2.75, 3.05) is 14.2 Å². The second-order valence-electron chi connectivity index (χ2n) is 6.04. The number of thiazole rings is 1. The second-order valence-corrected chi connectivity index (χ2v) is 8.61. The summed E-state index contributed by atoms with van der Waals surface area (Å²) in [6.45, 7) is -2.64. The number of alkyl halides is 2. The summed E-state index contributed by atoms with van der Waals surface area (Å²) in [6.07, 6.45) is 0.163. The summed E-state index contributed by atoms with van der Waals surface area (Å²) in [5.74, 6) is 0.0178. The highest BCUT2D eigenvalue weighted by atomic mass is 35.5. The topological polar surface area (TPSA) is 51.7 Å². The number of ether oxygens (including phenoxy) is 2. The van der Waals surface area contributed by atoms with Gasteiger partial charge in [0, 0.05) is 19.0 Å². The first kappa shape index (κ1) is 21.5. The van der Waals surface area contributed by atoms with Gasteiger partial charge in [0.1, 0.15) is 5.01 Å². The number of thiophene rings is 1. The Morgan fingerprint density at radius 2 is 2.07 bits per heavy atom. The third-order valence-electron chi connectivity index (χ3n) is 3.96. The van der Waals surface area contributed by atoms with Gasteiger partial charge in [0.2, 0.25) is 5.91 Å². The molecule has 10 heteroatoms. The predicted octanol–water partition coefficient (Wildman–Crippen LogP) is 5.34. The fourth-order valence-electron chi connectivity index (χ4n) is 2.59. The van der Waals surface area contributed by atoms with E-state index in [0.29, 0.717) is 16.6 Å². The number of carbonyl (C=O) groups is 1. The van der Waals surface area contributed by atoms with Crippen LogP contribution in [0.15, 0.2) is 35.7 Å². The summed E-state index contributed by atoms with van der Waals surface area (Å²) >= 11 is 8.86. The largest absolute Gasteiger partial charge is 0.493 e. The van der Waals surface area contributed by atoms with Crippen molar-refractivity contribution in [1.82, 2.24) is 9.88 Å². The average Bonchev–Trinajstić information content (AvgIpc) is 3.31. The molecule has 0 unspecified atom stereocenters. The fraction of sp³-hybridized carbons (Fsp3) is 0.263. The molecule has 0 saturated heterocycles. The Bertz CT molecular complexity index is 994. The molecular formula is C19H17ClF2N2O3S2. The van der Waals surface area contributed by atoms with Crippen molar-refractivity contribution in [1.29, 1.82) is 0 Å². The molecule has 0 atom stereocenters. The SMILES string of the molecule is COc1cc(CN(C)C(=O)Cc2csc(-c3ccc(Cl)s3)n2)ccc1OC(F)F. The summed E-state index contributed by atoms with van der Waals surface area (Å²) in [7, 11) is 3.04. The van der Waals surface area contributed by atoms with E-state index in [-0.39, 0.29) is 23.8 Å². The molecule has 3 aromatic rings. The number of benzene rings is 1. The minimum Gasteiger partial charge on any atom is -0.493 e. The molecule has 0 saturated carbocycles. The number of amides is 1. The van der Waals surface area contributed by atoms with Crippen molar-refractivity contribution in [2.45, 2.75) is 19.6 Å². The molecule has 5 nitrogen and oxygen atoms in total. The lowest BCUT2D eigenvalue weighted by molar-refractivity contribution is -0.129. The maximum Gasteiger partial charge on any atom is 0.387 e. The number of carbonyl (C=O) groups excluding carboxylic acids is 1. The van der Waals surface area contributed by atoms with Crippen LogP contribution < -0.4 is 9.47 Å². The van der Waals surface area contributed by atoms with Crippen LogP contribution in [0.2, 0.25) is 4.34 Å². The zero-order valence-corrected chi connectivity index (χ0v) is 17.9. The molecule has 0 radical (unpaired) electrons. The van der Waals surface area contributed by atoms with Crippen LogP contribution in [0.4, 0.5) is 8.78 Å². The Balaban J connectivity index is 1.63. The Morgan fingerprint density at radius 3 is 2.72 bits per heavy atom. The van der Waals surface area contributed by atoms with Gasteiger partial charge in [-0.05, 0) is 29.8 Å². The molecule has 0 bridgehead atoms. The molecule has 1 amide bonds. The van der Waals surface area contributed by atoms with Gasteiger partial charge in [0.25, 0.3) is 0 Å². The van der Waals surface area contributed by atoms with Crippen molar-refractivity contribution >= 4 is 40.2 Å². The van der Waals surface area contributed by atoms with E-state index in [1.165, 1.54) is 35.8 Å². The van der Waals surface area contributed by atoms with Crippen LogP contribution in [0.1, 0.15) is 11.3 Å². The van der Waals surface area contributed by atoms with Crippen molar-refractivity contribution < 1.29 is 23.0 Å². The van der Waals surface area contributed by atoms with E-state index in [0.717, 1.165) is 15.4 Å². The van der Waals surface area contributed by atoms with Gasteiger partial charge in [-0.1, -0.05) is 17.7 Å². The molecule has 2 heterocycles. The predicted molar refractivity (Wildman–Crippen MR) is 110 cm³/mol. The van der Waals surface area contributed by atoms with Gasteiger partial charge in [-0.25, -0.2) is 4.98 Å². The van der Waals surface area contributed by atoms with Crippen molar-refractivity contribution in [2.24, 2.45) is 0 Å².